The van der Waals surface area contributed by atoms with E-state index in [1.807, 2.05) is 43.3 Å². The van der Waals surface area contributed by atoms with Crippen LogP contribution in [0, 0.1) is 12.8 Å². The average molecular weight is 376 g/mol. The van der Waals surface area contributed by atoms with Gasteiger partial charge in [-0.05, 0) is 68.0 Å². The molecule has 2 aromatic carbocycles. The van der Waals surface area contributed by atoms with Crippen LogP contribution in [0.2, 0.25) is 0 Å². The summed E-state index contributed by atoms with van der Waals surface area (Å²) in [4.78, 5) is 27.9. The van der Waals surface area contributed by atoms with Crippen LogP contribution in [0.3, 0.4) is 0 Å². The summed E-state index contributed by atoms with van der Waals surface area (Å²) in [5, 5.41) is 3.81. The quantitative estimate of drug-likeness (QED) is 0.663. The van der Waals surface area contributed by atoms with Crippen molar-refractivity contribution in [2.24, 2.45) is 5.92 Å². The first-order valence-corrected chi connectivity index (χ1v) is 9.66. The molecule has 1 heterocycles. The van der Waals surface area contributed by atoms with Gasteiger partial charge in [-0.3, -0.25) is 4.79 Å². The Morgan fingerprint density at radius 2 is 1.96 bits per heavy atom. The molecule has 1 atom stereocenters. The maximum absolute atomic E-state index is 12.4. The fourth-order valence-corrected chi connectivity index (χ4v) is 3.77. The van der Waals surface area contributed by atoms with Crippen LogP contribution in [0.15, 0.2) is 42.5 Å². The standard InChI is InChI=1S/C23H24N2O3/c1-14-3-7-17(8-4-14)24-22(26)13-28-23(27)16-6-10-21-19(12-16)18-11-15(2)5-9-20(18)25-21/h3-4,6-8,10,12,15,25H,5,9,11,13H2,1-2H3,(H,24,26). The lowest BCUT2D eigenvalue weighted by molar-refractivity contribution is -0.119. The Morgan fingerprint density at radius 1 is 1.18 bits per heavy atom. The summed E-state index contributed by atoms with van der Waals surface area (Å²) >= 11 is 0. The molecule has 0 spiro atoms. The molecule has 0 aliphatic heterocycles. The number of carbonyl (C=O) groups excluding carboxylic acids is 2. The number of hydrogen-bond donors (Lipinski definition) is 2. The maximum atomic E-state index is 12.4. The van der Waals surface area contributed by atoms with Crippen molar-refractivity contribution < 1.29 is 14.3 Å². The first kappa shape index (κ1) is 18.3. The SMILES string of the molecule is Cc1ccc(NC(=O)COC(=O)c2ccc3[nH]c4c(c3c2)CC(C)CC4)cc1. The number of ether oxygens (including phenoxy) is 1. The zero-order valence-corrected chi connectivity index (χ0v) is 16.2. The van der Waals surface area contributed by atoms with E-state index in [2.05, 4.69) is 17.2 Å². The molecule has 1 aliphatic rings. The van der Waals surface area contributed by atoms with Gasteiger partial charge < -0.3 is 15.0 Å². The summed E-state index contributed by atoms with van der Waals surface area (Å²) in [6.07, 6.45) is 3.25. The molecule has 5 nitrogen and oxygen atoms in total. The van der Waals surface area contributed by atoms with Crippen molar-refractivity contribution in [3.63, 3.8) is 0 Å². The van der Waals surface area contributed by atoms with E-state index in [0.29, 0.717) is 17.2 Å². The lowest BCUT2D eigenvalue weighted by atomic mass is 9.87. The monoisotopic (exact) mass is 376 g/mol. The van der Waals surface area contributed by atoms with Crippen molar-refractivity contribution in [3.8, 4) is 0 Å². The number of fused-ring (bicyclic) bond motifs is 3. The van der Waals surface area contributed by atoms with Gasteiger partial charge in [0.2, 0.25) is 0 Å². The largest absolute Gasteiger partial charge is 0.452 e. The van der Waals surface area contributed by atoms with E-state index < -0.39 is 5.97 Å². The molecule has 1 amide bonds. The van der Waals surface area contributed by atoms with Gasteiger partial charge in [-0.2, -0.15) is 0 Å². The second-order valence-corrected chi connectivity index (χ2v) is 7.68. The lowest BCUT2D eigenvalue weighted by Crippen LogP contribution is -2.20. The van der Waals surface area contributed by atoms with Gasteiger partial charge in [0, 0.05) is 22.3 Å². The van der Waals surface area contributed by atoms with E-state index in [0.717, 1.165) is 29.3 Å². The number of rotatable bonds is 4. The Labute approximate surface area is 164 Å². The Morgan fingerprint density at radius 3 is 2.75 bits per heavy atom. The minimum atomic E-state index is -0.486. The number of aryl methyl sites for hydroxylation is 2. The predicted molar refractivity (Wildman–Crippen MR) is 110 cm³/mol. The molecule has 28 heavy (non-hydrogen) atoms. The molecule has 0 bridgehead atoms. The molecule has 0 saturated carbocycles. The molecule has 5 heteroatoms. The molecule has 2 N–H and O–H groups in total. The Bertz CT molecular complexity index is 1030. The number of H-pyrrole nitrogens is 1. The summed E-state index contributed by atoms with van der Waals surface area (Å²) in [5.74, 6) is -0.196. The summed E-state index contributed by atoms with van der Waals surface area (Å²) in [6.45, 7) is 3.92. The highest BCUT2D eigenvalue weighted by atomic mass is 16.5. The highest BCUT2D eigenvalue weighted by Gasteiger charge is 2.21. The molecule has 0 fully saturated rings. The Hall–Kier alpha value is -3.08. The van der Waals surface area contributed by atoms with Gasteiger partial charge in [0.1, 0.15) is 0 Å². The van der Waals surface area contributed by atoms with Crippen molar-refractivity contribution in [2.45, 2.75) is 33.1 Å². The first-order valence-electron chi connectivity index (χ1n) is 9.66. The number of aromatic nitrogens is 1. The topological polar surface area (TPSA) is 71.2 Å². The normalized spacial score (nSPS) is 15.9. The third-order valence-corrected chi connectivity index (χ3v) is 5.34. The van der Waals surface area contributed by atoms with E-state index in [4.69, 9.17) is 4.74 Å². The molecular formula is C23H24N2O3. The fraction of sp³-hybridized carbons (Fsp3) is 0.304. The van der Waals surface area contributed by atoms with E-state index in [9.17, 15) is 9.59 Å². The highest BCUT2D eigenvalue weighted by Crippen LogP contribution is 2.32. The summed E-state index contributed by atoms with van der Waals surface area (Å²) in [5.41, 5.74) is 5.89. The van der Waals surface area contributed by atoms with Crippen LogP contribution in [-0.2, 0) is 22.4 Å². The van der Waals surface area contributed by atoms with Gasteiger partial charge in [0.25, 0.3) is 5.91 Å². The van der Waals surface area contributed by atoms with Gasteiger partial charge in [-0.25, -0.2) is 4.79 Å². The van der Waals surface area contributed by atoms with E-state index in [1.165, 1.54) is 17.7 Å². The molecule has 0 radical (unpaired) electrons. The summed E-state index contributed by atoms with van der Waals surface area (Å²) in [6, 6.07) is 13.0. The number of benzene rings is 2. The number of nitrogens with one attached hydrogen (secondary N) is 2. The van der Waals surface area contributed by atoms with Crippen molar-refractivity contribution in [3.05, 3.63) is 64.8 Å². The second-order valence-electron chi connectivity index (χ2n) is 7.68. The molecule has 4 rings (SSSR count). The Kier molecular flexibility index (Phi) is 4.90. The van der Waals surface area contributed by atoms with Crippen molar-refractivity contribution in [1.29, 1.82) is 0 Å². The van der Waals surface area contributed by atoms with E-state index in [-0.39, 0.29) is 12.5 Å². The average Bonchev–Trinajstić information content (AvgIpc) is 3.05. The number of aromatic amines is 1. The van der Waals surface area contributed by atoms with Crippen molar-refractivity contribution in [2.75, 3.05) is 11.9 Å². The smallest absolute Gasteiger partial charge is 0.338 e. The van der Waals surface area contributed by atoms with Crippen LogP contribution in [-0.4, -0.2) is 23.5 Å². The van der Waals surface area contributed by atoms with Crippen LogP contribution in [0.5, 0.6) is 0 Å². The molecule has 3 aromatic rings. The zero-order valence-electron chi connectivity index (χ0n) is 16.2. The minimum absolute atomic E-state index is 0.312. The molecule has 1 unspecified atom stereocenters. The van der Waals surface area contributed by atoms with Crippen molar-refractivity contribution in [1.82, 2.24) is 4.98 Å². The molecule has 1 aromatic heterocycles. The lowest BCUT2D eigenvalue weighted by Gasteiger charge is -2.18. The minimum Gasteiger partial charge on any atom is -0.452 e. The number of anilines is 1. The van der Waals surface area contributed by atoms with E-state index in [1.54, 1.807) is 6.07 Å². The second kappa shape index (κ2) is 7.50. The number of esters is 1. The fourth-order valence-electron chi connectivity index (χ4n) is 3.77. The summed E-state index contributed by atoms with van der Waals surface area (Å²) in [7, 11) is 0. The Balaban J connectivity index is 1.43. The van der Waals surface area contributed by atoms with Crippen molar-refractivity contribution >= 4 is 28.5 Å². The maximum Gasteiger partial charge on any atom is 0.338 e. The van der Waals surface area contributed by atoms with Gasteiger partial charge in [-0.15, -0.1) is 0 Å². The van der Waals surface area contributed by atoms with Gasteiger partial charge in [0.05, 0.1) is 5.56 Å². The third-order valence-electron chi connectivity index (χ3n) is 5.34. The molecular weight excluding hydrogens is 352 g/mol. The molecule has 1 aliphatic carbocycles. The van der Waals surface area contributed by atoms with Gasteiger partial charge >= 0.3 is 5.97 Å². The predicted octanol–water partition coefficient (Wildman–Crippen LogP) is 4.40. The van der Waals surface area contributed by atoms with Crippen LogP contribution in [0.1, 0.15) is 40.5 Å². The van der Waals surface area contributed by atoms with Crippen LogP contribution in [0.25, 0.3) is 10.9 Å². The molecule has 0 saturated heterocycles. The van der Waals surface area contributed by atoms with Crippen LogP contribution in [0.4, 0.5) is 5.69 Å². The summed E-state index contributed by atoms with van der Waals surface area (Å²) < 4.78 is 5.22. The third kappa shape index (κ3) is 3.79. The molecule has 144 valence electrons. The zero-order chi connectivity index (χ0) is 19.7. The van der Waals surface area contributed by atoms with Crippen LogP contribution < -0.4 is 5.32 Å². The number of hydrogen-bond acceptors (Lipinski definition) is 3. The number of amides is 1. The number of carbonyl (C=O) groups is 2. The van der Waals surface area contributed by atoms with Crippen LogP contribution >= 0.6 is 0 Å². The van der Waals surface area contributed by atoms with E-state index >= 15 is 0 Å². The first-order chi connectivity index (χ1) is 13.5. The van der Waals surface area contributed by atoms with Gasteiger partial charge in [-0.1, -0.05) is 24.6 Å². The van der Waals surface area contributed by atoms with Gasteiger partial charge in [0.15, 0.2) is 6.61 Å². The highest BCUT2D eigenvalue weighted by molar-refractivity contribution is 5.98.